The van der Waals surface area contributed by atoms with E-state index in [-0.39, 0.29) is 11.7 Å². The average Bonchev–Trinajstić information content (AvgIpc) is 2.35. The van der Waals surface area contributed by atoms with Crippen LogP contribution < -0.4 is 5.32 Å². The van der Waals surface area contributed by atoms with E-state index in [1.165, 1.54) is 12.1 Å². The normalized spacial score (nSPS) is 12.6. The molecule has 19 heavy (non-hydrogen) atoms. The van der Waals surface area contributed by atoms with Gasteiger partial charge >= 0.3 is 5.97 Å². The largest absolute Gasteiger partial charge is 0.480 e. The number of halogens is 1. The van der Waals surface area contributed by atoms with Crippen molar-refractivity contribution in [1.29, 1.82) is 0 Å². The predicted molar refractivity (Wildman–Crippen MR) is 71.6 cm³/mol. The van der Waals surface area contributed by atoms with E-state index in [0.717, 1.165) is 5.39 Å². The lowest BCUT2D eigenvalue weighted by Crippen LogP contribution is -2.34. The standard InChI is InChI=1S/C14H15FN2O2/c1-8(2)12(14(18)19)17-13-11-7-10(15)4-3-9(11)5-6-16-13/h3-8,12H,1-2H3,(H,16,17)(H,18,19). The number of hydrogen-bond donors (Lipinski definition) is 2. The molecule has 0 spiro atoms. The molecule has 1 atom stereocenters. The minimum atomic E-state index is -0.954. The van der Waals surface area contributed by atoms with Crippen molar-refractivity contribution in [1.82, 2.24) is 4.98 Å². The van der Waals surface area contributed by atoms with E-state index < -0.39 is 12.0 Å². The summed E-state index contributed by atoms with van der Waals surface area (Å²) >= 11 is 0. The number of aromatic nitrogens is 1. The van der Waals surface area contributed by atoms with Gasteiger partial charge in [-0.2, -0.15) is 0 Å². The topological polar surface area (TPSA) is 62.2 Å². The minimum absolute atomic E-state index is 0.108. The smallest absolute Gasteiger partial charge is 0.326 e. The van der Waals surface area contributed by atoms with Crippen LogP contribution in [0.4, 0.5) is 10.2 Å². The number of benzene rings is 1. The third-order valence-electron chi connectivity index (χ3n) is 2.95. The van der Waals surface area contributed by atoms with E-state index in [2.05, 4.69) is 10.3 Å². The Morgan fingerprint density at radius 3 is 2.74 bits per heavy atom. The second kappa shape index (κ2) is 5.22. The molecule has 1 unspecified atom stereocenters. The summed E-state index contributed by atoms with van der Waals surface area (Å²) in [7, 11) is 0. The van der Waals surface area contributed by atoms with Gasteiger partial charge in [-0.25, -0.2) is 14.2 Å². The molecular weight excluding hydrogens is 247 g/mol. The molecule has 0 saturated carbocycles. The van der Waals surface area contributed by atoms with Crippen molar-refractivity contribution in [2.24, 2.45) is 5.92 Å². The number of carboxylic acid groups (broad SMARTS) is 1. The molecule has 5 heteroatoms. The lowest BCUT2D eigenvalue weighted by atomic mass is 10.0. The lowest BCUT2D eigenvalue weighted by Gasteiger charge is -2.19. The summed E-state index contributed by atoms with van der Waals surface area (Å²) in [5, 5.41) is 13.4. The molecule has 1 heterocycles. The van der Waals surface area contributed by atoms with Crippen LogP contribution in [0.15, 0.2) is 30.5 Å². The fraction of sp³-hybridized carbons (Fsp3) is 0.286. The molecule has 0 radical (unpaired) electrons. The van der Waals surface area contributed by atoms with Gasteiger partial charge in [-0.3, -0.25) is 0 Å². The minimum Gasteiger partial charge on any atom is -0.480 e. The van der Waals surface area contributed by atoms with E-state index in [4.69, 9.17) is 5.11 Å². The van der Waals surface area contributed by atoms with Crippen LogP contribution in [0.1, 0.15) is 13.8 Å². The number of anilines is 1. The van der Waals surface area contributed by atoms with Crippen LogP contribution in [0.5, 0.6) is 0 Å². The van der Waals surface area contributed by atoms with Crippen molar-refractivity contribution in [2.45, 2.75) is 19.9 Å². The van der Waals surface area contributed by atoms with Gasteiger partial charge in [-0.05, 0) is 29.5 Å². The zero-order valence-electron chi connectivity index (χ0n) is 10.7. The number of rotatable bonds is 4. The van der Waals surface area contributed by atoms with E-state index in [9.17, 15) is 9.18 Å². The maximum Gasteiger partial charge on any atom is 0.326 e. The van der Waals surface area contributed by atoms with Crippen LogP contribution in [0.2, 0.25) is 0 Å². The summed E-state index contributed by atoms with van der Waals surface area (Å²) < 4.78 is 13.3. The van der Waals surface area contributed by atoms with Gasteiger partial charge in [0.1, 0.15) is 17.7 Å². The number of pyridine rings is 1. The Balaban J connectivity index is 2.44. The van der Waals surface area contributed by atoms with Crippen molar-refractivity contribution < 1.29 is 14.3 Å². The highest BCUT2D eigenvalue weighted by Gasteiger charge is 2.22. The van der Waals surface area contributed by atoms with Crippen molar-refractivity contribution in [2.75, 3.05) is 5.32 Å². The van der Waals surface area contributed by atoms with E-state index in [1.54, 1.807) is 32.2 Å². The summed E-state index contributed by atoms with van der Waals surface area (Å²) in [5.41, 5.74) is 0. The lowest BCUT2D eigenvalue weighted by molar-refractivity contribution is -0.138. The van der Waals surface area contributed by atoms with Crippen molar-refractivity contribution in [3.63, 3.8) is 0 Å². The number of aliphatic carboxylic acids is 1. The van der Waals surface area contributed by atoms with Gasteiger partial charge in [0.05, 0.1) is 0 Å². The first kappa shape index (κ1) is 13.3. The summed E-state index contributed by atoms with van der Waals surface area (Å²) in [6.45, 7) is 3.61. The molecule has 0 bridgehead atoms. The molecule has 0 fully saturated rings. The monoisotopic (exact) mass is 262 g/mol. The van der Waals surface area contributed by atoms with Crippen LogP contribution in [0, 0.1) is 11.7 Å². The van der Waals surface area contributed by atoms with Crippen LogP contribution in [-0.2, 0) is 4.79 Å². The molecule has 0 aliphatic rings. The molecule has 0 aliphatic carbocycles. The van der Waals surface area contributed by atoms with Crippen LogP contribution in [-0.4, -0.2) is 22.1 Å². The Kier molecular flexibility index (Phi) is 3.64. The molecule has 1 aromatic carbocycles. The molecule has 0 amide bonds. The summed E-state index contributed by atoms with van der Waals surface area (Å²) in [5.74, 6) is -1.05. The number of hydrogen-bond acceptors (Lipinski definition) is 3. The second-order valence-corrected chi connectivity index (χ2v) is 4.73. The highest BCUT2D eigenvalue weighted by molar-refractivity contribution is 5.93. The molecule has 0 aliphatic heterocycles. The first-order valence-electron chi connectivity index (χ1n) is 6.02. The Morgan fingerprint density at radius 1 is 1.37 bits per heavy atom. The number of fused-ring (bicyclic) bond motifs is 1. The fourth-order valence-electron chi connectivity index (χ4n) is 1.92. The molecule has 2 rings (SSSR count). The quantitative estimate of drug-likeness (QED) is 0.889. The molecule has 0 saturated heterocycles. The average molecular weight is 262 g/mol. The maximum atomic E-state index is 13.3. The Labute approximate surface area is 110 Å². The molecular formula is C14H15FN2O2. The van der Waals surface area contributed by atoms with Gasteiger partial charge in [0, 0.05) is 11.6 Å². The van der Waals surface area contributed by atoms with Gasteiger partial charge in [0.15, 0.2) is 0 Å². The SMILES string of the molecule is CC(C)C(Nc1nccc2ccc(F)cc12)C(=O)O. The molecule has 1 aromatic heterocycles. The number of nitrogens with zero attached hydrogens (tertiary/aromatic N) is 1. The van der Waals surface area contributed by atoms with Crippen LogP contribution >= 0.6 is 0 Å². The fourth-order valence-corrected chi connectivity index (χ4v) is 1.92. The van der Waals surface area contributed by atoms with Gasteiger partial charge < -0.3 is 10.4 Å². The third-order valence-corrected chi connectivity index (χ3v) is 2.95. The van der Waals surface area contributed by atoms with Crippen LogP contribution in [0.25, 0.3) is 10.8 Å². The maximum absolute atomic E-state index is 13.3. The Morgan fingerprint density at radius 2 is 2.11 bits per heavy atom. The van der Waals surface area contributed by atoms with E-state index in [1.807, 2.05) is 0 Å². The molecule has 4 nitrogen and oxygen atoms in total. The number of carbonyl (C=O) groups is 1. The third kappa shape index (κ3) is 2.81. The highest BCUT2D eigenvalue weighted by atomic mass is 19.1. The van der Waals surface area contributed by atoms with Gasteiger partial charge in [-0.15, -0.1) is 0 Å². The van der Waals surface area contributed by atoms with Crippen molar-refractivity contribution in [3.05, 3.63) is 36.3 Å². The van der Waals surface area contributed by atoms with E-state index >= 15 is 0 Å². The van der Waals surface area contributed by atoms with Crippen LogP contribution in [0.3, 0.4) is 0 Å². The summed E-state index contributed by atoms with van der Waals surface area (Å²) in [4.78, 5) is 15.3. The first-order chi connectivity index (χ1) is 8.99. The van der Waals surface area contributed by atoms with Gasteiger partial charge in [-0.1, -0.05) is 19.9 Å². The first-order valence-corrected chi connectivity index (χ1v) is 6.02. The Bertz CT molecular complexity index is 613. The summed E-state index contributed by atoms with van der Waals surface area (Å²) in [6, 6.07) is 5.35. The molecule has 2 N–H and O–H groups in total. The molecule has 100 valence electrons. The zero-order valence-corrected chi connectivity index (χ0v) is 10.7. The number of nitrogens with one attached hydrogen (secondary N) is 1. The van der Waals surface area contributed by atoms with E-state index in [0.29, 0.717) is 11.2 Å². The van der Waals surface area contributed by atoms with Gasteiger partial charge in [0.25, 0.3) is 0 Å². The predicted octanol–water partition coefficient (Wildman–Crippen LogP) is 2.90. The second-order valence-electron chi connectivity index (χ2n) is 4.73. The van der Waals surface area contributed by atoms with Gasteiger partial charge in [0.2, 0.25) is 0 Å². The zero-order chi connectivity index (χ0) is 14.0. The number of carboxylic acids is 1. The highest BCUT2D eigenvalue weighted by Crippen LogP contribution is 2.23. The van der Waals surface area contributed by atoms with Crippen molar-refractivity contribution in [3.8, 4) is 0 Å². The van der Waals surface area contributed by atoms with Crippen molar-refractivity contribution >= 4 is 22.6 Å². The summed E-state index contributed by atoms with van der Waals surface area (Å²) in [6.07, 6.45) is 1.57. The Hall–Kier alpha value is -2.17. The molecule has 2 aromatic rings.